The molecule has 1 aliphatic carbocycles. The van der Waals surface area contributed by atoms with E-state index in [0.717, 1.165) is 76.0 Å². The van der Waals surface area contributed by atoms with Crippen LogP contribution in [0.3, 0.4) is 0 Å². The topological polar surface area (TPSA) is 98.3 Å². The maximum Gasteiger partial charge on any atom is 0.416 e. The highest BCUT2D eigenvalue weighted by molar-refractivity contribution is 6.30. The lowest BCUT2D eigenvalue weighted by molar-refractivity contribution is -0.137. The fourth-order valence-electron chi connectivity index (χ4n) is 7.40. The van der Waals surface area contributed by atoms with Gasteiger partial charge in [0.05, 0.1) is 42.4 Å². The third-order valence-corrected chi connectivity index (χ3v) is 10.4. The number of aromatic nitrogens is 2. The Kier molecular flexibility index (Phi) is 10.3. The van der Waals surface area contributed by atoms with Crippen LogP contribution in [-0.2, 0) is 15.8 Å². The molecule has 1 atom stereocenters. The molecule has 15 heteroatoms. The molecule has 272 valence electrons. The molecule has 3 saturated heterocycles. The minimum absolute atomic E-state index is 0.0156. The number of carbonyl (C=O) groups excluding carboxylic acids is 1. The number of ether oxygens (including phenoxy) is 1. The summed E-state index contributed by atoms with van der Waals surface area (Å²) < 4.78 is 46.5. The fraction of sp³-hybridized carbons (Fsp3) is 0.472. The molecule has 1 aromatic heterocycles. The molecule has 4 fully saturated rings. The molecule has 4 heterocycles. The first-order valence-electron chi connectivity index (χ1n) is 17.4. The van der Waals surface area contributed by atoms with Gasteiger partial charge in [0.2, 0.25) is 5.91 Å². The molecule has 1 saturated carbocycles. The molecule has 0 radical (unpaired) electrons. The van der Waals surface area contributed by atoms with Gasteiger partial charge in [0.25, 0.3) is 0 Å². The summed E-state index contributed by atoms with van der Waals surface area (Å²) in [4.78, 5) is 34.7. The number of nitrogens with zero attached hydrogens (tertiary/aromatic N) is 6. The maximum absolute atomic E-state index is 13.6. The Morgan fingerprint density at radius 1 is 0.941 bits per heavy atom. The summed E-state index contributed by atoms with van der Waals surface area (Å²) in [6.07, 6.45) is 3.19. The van der Waals surface area contributed by atoms with E-state index in [2.05, 4.69) is 41.9 Å². The number of amides is 1. The average molecular weight is 727 g/mol. The number of piperazine rings is 1. The van der Waals surface area contributed by atoms with E-state index in [9.17, 15) is 18.0 Å². The fourth-order valence-corrected chi connectivity index (χ4v) is 7.64. The van der Waals surface area contributed by atoms with Crippen molar-refractivity contribution in [3.05, 3.63) is 71.5 Å². The molecule has 3 aromatic rings. The number of methoxy groups -OCH3 is 1. The summed E-state index contributed by atoms with van der Waals surface area (Å²) in [5.74, 6) is 0.920. The summed E-state index contributed by atoms with van der Waals surface area (Å²) in [6.45, 7) is 10.1. The molecule has 1 amide bonds. The standard InChI is InChI=1S/C36H42ClF3N8O3/c1-3-35(49)44-28-19-29(32(50-2)20-31(28)47-9-6-27(7-10-47)46-13-11-45(12-14-46)26-4-5-26)43-33-21-34(42-22-41-33)48-30(8-15-51-48)23-16-24(36(38,39)40)18-25(37)17-23/h3,16-22,26-27,30H,1,4-15H2,2H3,(H,44,49)(H,41,42,43). The second-order valence-corrected chi connectivity index (χ2v) is 13.8. The maximum atomic E-state index is 13.6. The molecule has 2 aromatic carbocycles. The van der Waals surface area contributed by atoms with Crippen molar-refractivity contribution in [2.75, 3.05) is 73.6 Å². The van der Waals surface area contributed by atoms with E-state index in [-0.39, 0.29) is 17.5 Å². The molecule has 0 spiro atoms. The largest absolute Gasteiger partial charge is 0.494 e. The summed E-state index contributed by atoms with van der Waals surface area (Å²) >= 11 is 6.09. The van der Waals surface area contributed by atoms with E-state index in [0.29, 0.717) is 46.8 Å². The Balaban J connectivity index is 1.09. The number of anilines is 5. The highest BCUT2D eigenvalue weighted by Gasteiger charge is 2.36. The smallest absolute Gasteiger partial charge is 0.416 e. The van der Waals surface area contributed by atoms with Gasteiger partial charge in [-0.2, -0.15) is 13.2 Å². The Bertz CT molecular complexity index is 1740. The van der Waals surface area contributed by atoms with Crippen LogP contribution in [-0.4, -0.2) is 90.7 Å². The third kappa shape index (κ3) is 8.03. The lowest BCUT2D eigenvalue weighted by Gasteiger charge is -2.43. The van der Waals surface area contributed by atoms with Crippen LogP contribution in [0, 0.1) is 0 Å². The normalized spacial score (nSPS) is 20.8. The van der Waals surface area contributed by atoms with Crippen molar-refractivity contribution in [3.63, 3.8) is 0 Å². The van der Waals surface area contributed by atoms with Gasteiger partial charge < -0.3 is 20.3 Å². The van der Waals surface area contributed by atoms with Crippen molar-refractivity contribution in [2.24, 2.45) is 0 Å². The van der Waals surface area contributed by atoms with Gasteiger partial charge in [-0.3, -0.25) is 19.4 Å². The summed E-state index contributed by atoms with van der Waals surface area (Å²) in [5, 5.41) is 7.70. The van der Waals surface area contributed by atoms with Crippen molar-refractivity contribution >= 4 is 46.2 Å². The van der Waals surface area contributed by atoms with Crippen molar-refractivity contribution < 1.29 is 27.5 Å². The second kappa shape index (κ2) is 14.9. The quantitative estimate of drug-likeness (QED) is 0.221. The van der Waals surface area contributed by atoms with Crippen molar-refractivity contribution in [2.45, 2.75) is 56.4 Å². The van der Waals surface area contributed by atoms with Gasteiger partial charge in [-0.25, -0.2) is 15.0 Å². The molecule has 7 rings (SSSR count). The zero-order valence-electron chi connectivity index (χ0n) is 28.5. The minimum atomic E-state index is -4.55. The van der Waals surface area contributed by atoms with Crippen LogP contribution < -0.4 is 25.3 Å². The van der Waals surface area contributed by atoms with E-state index >= 15 is 0 Å². The number of alkyl halides is 3. The number of nitrogens with one attached hydrogen (secondary N) is 2. The van der Waals surface area contributed by atoms with Crippen LogP contribution in [0.1, 0.15) is 49.3 Å². The van der Waals surface area contributed by atoms with E-state index in [1.807, 2.05) is 6.07 Å². The number of halogens is 4. The third-order valence-electron chi connectivity index (χ3n) is 10.2. The van der Waals surface area contributed by atoms with Gasteiger partial charge in [0.15, 0.2) is 5.82 Å². The number of hydroxylamine groups is 1. The number of benzene rings is 2. The highest BCUT2D eigenvalue weighted by Crippen LogP contribution is 2.42. The number of piperidine rings is 1. The van der Waals surface area contributed by atoms with E-state index in [4.69, 9.17) is 21.2 Å². The van der Waals surface area contributed by atoms with Crippen LogP contribution in [0.4, 0.5) is 41.9 Å². The lowest BCUT2D eigenvalue weighted by Crippen LogP contribution is -2.53. The average Bonchev–Trinajstić information content (AvgIpc) is 3.87. The van der Waals surface area contributed by atoms with Gasteiger partial charge in [0, 0.05) is 74.9 Å². The van der Waals surface area contributed by atoms with Crippen molar-refractivity contribution in [1.82, 2.24) is 19.8 Å². The molecule has 51 heavy (non-hydrogen) atoms. The van der Waals surface area contributed by atoms with E-state index in [1.54, 1.807) is 19.2 Å². The highest BCUT2D eigenvalue weighted by atomic mass is 35.5. The molecular formula is C36H42ClF3N8O3. The Labute approximate surface area is 300 Å². The second-order valence-electron chi connectivity index (χ2n) is 13.4. The van der Waals surface area contributed by atoms with Gasteiger partial charge in [-0.15, -0.1) is 0 Å². The van der Waals surface area contributed by atoms with Crippen LogP contribution in [0.15, 0.2) is 55.4 Å². The van der Waals surface area contributed by atoms with E-state index in [1.165, 1.54) is 36.4 Å². The first kappa shape index (κ1) is 35.3. The molecule has 4 aliphatic rings. The molecular weight excluding hydrogens is 685 g/mol. The number of hydrogen-bond donors (Lipinski definition) is 2. The predicted molar refractivity (Wildman–Crippen MR) is 191 cm³/mol. The van der Waals surface area contributed by atoms with E-state index < -0.39 is 17.8 Å². The Morgan fingerprint density at radius 3 is 2.29 bits per heavy atom. The number of hydrogen-bond acceptors (Lipinski definition) is 10. The summed E-state index contributed by atoms with van der Waals surface area (Å²) in [7, 11) is 1.58. The van der Waals surface area contributed by atoms with Gasteiger partial charge >= 0.3 is 6.18 Å². The van der Waals surface area contributed by atoms with Crippen molar-refractivity contribution in [3.8, 4) is 5.75 Å². The van der Waals surface area contributed by atoms with Crippen LogP contribution >= 0.6 is 11.6 Å². The summed E-state index contributed by atoms with van der Waals surface area (Å²) in [5.41, 5.74) is 1.51. The molecule has 0 bridgehead atoms. The Hall–Kier alpha value is -4.11. The van der Waals surface area contributed by atoms with Crippen molar-refractivity contribution in [1.29, 1.82) is 0 Å². The monoisotopic (exact) mass is 726 g/mol. The molecule has 3 aliphatic heterocycles. The molecule has 2 N–H and O–H groups in total. The SMILES string of the molecule is C=CC(=O)Nc1cc(Nc2cc(N3OCCC3c3cc(Cl)cc(C(F)(F)F)c3)ncn2)c(OC)cc1N1CCC(N2CCN(C3CC3)CC2)CC1. The predicted octanol–water partition coefficient (Wildman–Crippen LogP) is 6.66. The minimum Gasteiger partial charge on any atom is -0.494 e. The molecule has 11 nitrogen and oxygen atoms in total. The lowest BCUT2D eigenvalue weighted by atomic mass is 10.0. The van der Waals surface area contributed by atoms with Crippen LogP contribution in [0.25, 0.3) is 0 Å². The van der Waals surface area contributed by atoms with Crippen LogP contribution in [0.5, 0.6) is 5.75 Å². The zero-order valence-corrected chi connectivity index (χ0v) is 29.2. The van der Waals surface area contributed by atoms with Gasteiger partial charge in [0.1, 0.15) is 17.9 Å². The zero-order chi connectivity index (χ0) is 35.7. The molecule has 1 unspecified atom stereocenters. The van der Waals surface area contributed by atoms with Crippen LogP contribution in [0.2, 0.25) is 5.02 Å². The van der Waals surface area contributed by atoms with Gasteiger partial charge in [-0.1, -0.05) is 18.2 Å². The number of carbonyl (C=O) groups is 1. The number of rotatable bonds is 10. The summed E-state index contributed by atoms with van der Waals surface area (Å²) in [6, 6.07) is 9.64. The first-order valence-corrected chi connectivity index (χ1v) is 17.7. The Morgan fingerprint density at radius 2 is 1.65 bits per heavy atom. The van der Waals surface area contributed by atoms with Gasteiger partial charge in [-0.05, 0) is 61.6 Å². The first-order chi connectivity index (χ1) is 24.6.